The van der Waals surface area contributed by atoms with Crippen LogP contribution in [-0.4, -0.2) is 0 Å². The Balaban J connectivity index is 2.34. The van der Waals surface area contributed by atoms with Crippen molar-refractivity contribution < 1.29 is 0 Å². The van der Waals surface area contributed by atoms with E-state index in [1.165, 1.54) is 43.4 Å². The molecule has 98 valence electrons. The van der Waals surface area contributed by atoms with Crippen LogP contribution in [0.15, 0.2) is 48.5 Å². The molecule has 4 aromatic carbocycles. The van der Waals surface area contributed by atoms with Gasteiger partial charge in [0.2, 0.25) is 0 Å². The maximum atomic E-state index is 2.40. The standard InChI is InChI=1S/C20H18/c1-3-13-12-16-9-8-14-6-5-7-15-10-11-18(17(13)4-2)20(16)19(14)15/h5-12H,3-4H2,1-2H3. The first-order valence-electron chi connectivity index (χ1n) is 7.51. The Labute approximate surface area is 119 Å². The lowest BCUT2D eigenvalue weighted by atomic mass is 9.88. The molecular weight excluding hydrogens is 240 g/mol. The van der Waals surface area contributed by atoms with Crippen LogP contribution < -0.4 is 0 Å². The molecule has 0 aliphatic rings. The smallest absolute Gasteiger partial charge is 0.00238 e. The number of hydrogen-bond acceptors (Lipinski definition) is 0. The highest BCUT2D eigenvalue weighted by molar-refractivity contribution is 6.23. The molecule has 0 atom stereocenters. The van der Waals surface area contributed by atoms with Gasteiger partial charge in [0.1, 0.15) is 0 Å². The molecule has 0 spiro atoms. The average Bonchev–Trinajstić information content (AvgIpc) is 2.51. The van der Waals surface area contributed by atoms with E-state index in [0.717, 1.165) is 12.8 Å². The van der Waals surface area contributed by atoms with Crippen LogP contribution in [0.3, 0.4) is 0 Å². The summed E-state index contributed by atoms with van der Waals surface area (Å²) in [5.74, 6) is 0. The van der Waals surface area contributed by atoms with E-state index in [9.17, 15) is 0 Å². The Bertz CT molecular complexity index is 900. The van der Waals surface area contributed by atoms with Gasteiger partial charge < -0.3 is 0 Å². The summed E-state index contributed by atoms with van der Waals surface area (Å²) < 4.78 is 0. The summed E-state index contributed by atoms with van der Waals surface area (Å²) in [4.78, 5) is 0. The van der Waals surface area contributed by atoms with E-state index in [0.29, 0.717) is 0 Å². The molecule has 0 saturated carbocycles. The van der Waals surface area contributed by atoms with Crippen LogP contribution in [0.4, 0.5) is 0 Å². The normalized spacial score (nSPS) is 11.9. The largest absolute Gasteiger partial charge is 0.0613 e. The molecule has 0 saturated heterocycles. The first-order valence-corrected chi connectivity index (χ1v) is 7.51. The first-order chi connectivity index (χ1) is 9.83. The molecule has 4 rings (SSSR count). The van der Waals surface area contributed by atoms with Crippen molar-refractivity contribution in [3.8, 4) is 0 Å². The lowest BCUT2D eigenvalue weighted by molar-refractivity contribution is 1.05. The van der Waals surface area contributed by atoms with E-state index >= 15 is 0 Å². The van der Waals surface area contributed by atoms with Crippen molar-refractivity contribution in [2.45, 2.75) is 26.7 Å². The van der Waals surface area contributed by atoms with Crippen LogP contribution in [-0.2, 0) is 12.8 Å². The number of rotatable bonds is 2. The minimum atomic E-state index is 1.11. The summed E-state index contributed by atoms with van der Waals surface area (Å²) in [6.07, 6.45) is 2.22. The van der Waals surface area contributed by atoms with Crippen molar-refractivity contribution in [1.82, 2.24) is 0 Å². The van der Waals surface area contributed by atoms with E-state index in [2.05, 4.69) is 62.4 Å². The molecular formula is C20H18. The van der Waals surface area contributed by atoms with E-state index in [1.807, 2.05) is 0 Å². The van der Waals surface area contributed by atoms with E-state index < -0.39 is 0 Å². The highest BCUT2D eigenvalue weighted by Crippen LogP contribution is 2.37. The van der Waals surface area contributed by atoms with E-state index in [4.69, 9.17) is 0 Å². The zero-order chi connectivity index (χ0) is 13.7. The second-order valence-electron chi connectivity index (χ2n) is 5.58. The predicted molar refractivity (Wildman–Crippen MR) is 88.9 cm³/mol. The Kier molecular flexibility index (Phi) is 2.47. The van der Waals surface area contributed by atoms with Gasteiger partial charge in [-0.25, -0.2) is 0 Å². The summed E-state index contributed by atoms with van der Waals surface area (Å²) in [6.45, 7) is 4.53. The molecule has 4 aromatic rings. The zero-order valence-electron chi connectivity index (χ0n) is 12.0. The van der Waals surface area contributed by atoms with Crippen molar-refractivity contribution in [3.05, 3.63) is 59.7 Å². The molecule has 0 fully saturated rings. The highest BCUT2D eigenvalue weighted by atomic mass is 14.2. The minimum absolute atomic E-state index is 1.11. The van der Waals surface area contributed by atoms with Gasteiger partial charge in [0.05, 0.1) is 0 Å². The SMILES string of the molecule is CCc1cc2ccc3cccc4ccc(c1CC)c2c34. The van der Waals surface area contributed by atoms with Gasteiger partial charge in [0.25, 0.3) is 0 Å². The summed E-state index contributed by atoms with van der Waals surface area (Å²) in [6, 6.07) is 18.1. The van der Waals surface area contributed by atoms with E-state index in [1.54, 1.807) is 0 Å². The second-order valence-corrected chi connectivity index (χ2v) is 5.58. The third-order valence-corrected chi connectivity index (χ3v) is 4.59. The van der Waals surface area contributed by atoms with Crippen LogP contribution in [0.5, 0.6) is 0 Å². The van der Waals surface area contributed by atoms with Gasteiger partial charge in [0, 0.05) is 0 Å². The van der Waals surface area contributed by atoms with E-state index in [-0.39, 0.29) is 0 Å². The summed E-state index contributed by atoms with van der Waals surface area (Å²) in [5.41, 5.74) is 3.02. The van der Waals surface area contributed by atoms with Crippen molar-refractivity contribution >= 4 is 32.3 Å². The van der Waals surface area contributed by atoms with Crippen molar-refractivity contribution in [2.75, 3.05) is 0 Å². The van der Waals surface area contributed by atoms with Gasteiger partial charge in [-0.15, -0.1) is 0 Å². The van der Waals surface area contributed by atoms with Gasteiger partial charge in [-0.05, 0) is 56.3 Å². The van der Waals surface area contributed by atoms with Crippen molar-refractivity contribution in [2.24, 2.45) is 0 Å². The number of benzene rings is 4. The molecule has 0 aromatic heterocycles. The Morgan fingerprint density at radius 1 is 0.700 bits per heavy atom. The van der Waals surface area contributed by atoms with Crippen molar-refractivity contribution in [1.29, 1.82) is 0 Å². The molecule has 0 nitrogen and oxygen atoms in total. The second kappa shape index (κ2) is 4.21. The van der Waals surface area contributed by atoms with Gasteiger partial charge in [-0.2, -0.15) is 0 Å². The van der Waals surface area contributed by atoms with Crippen LogP contribution in [0.1, 0.15) is 25.0 Å². The lowest BCUT2D eigenvalue weighted by Crippen LogP contribution is -1.95. The molecule has 0 amide bonds. The topological polar surface area (TPSA) is 0 Å². The highest BCUT2D eigenvalue weighted by Gasteiger charge is 2.12. The Morgan fingerprint density at radius 3 is 2.10 bits per heavy atom. The summed E-state index contributed by atoms with van der Waals surface area (Å²) in [5, 5.41) is 8.43. The molecule has 0 heterocycles. The van der Waals surface area contributed by atoms with Crippen LogP contribution in [0.2, 0.25) is 0 Å². The maximum Gasteiger partial charge on any atom is -0.00238 e. The van der Waals surface area contributed by atoms with Crippen LogP contribution in [0, 0.1) is 0 Å². The van der Waals surface area contributed by atoms with Gasteiger partial charge in [0.15, 0.2) is 0 Å². The molecule has 0 aliphatic heterocycles. The molecule has 0 radical (unpaired) electrons. The molecule has 0 aliphatic carbocycles. The van der Waals surface area contributed by atoms with Crippen LogP contribution >= 0.6 is 0 Å². The zero-order valence-corrected chi connectivity index (χ0v) is 12.0. The fourth-order valence-corrected chi connectivity index (χ4v) is 3.66. The summed E-state index contributed by atoms with van der Waals surface area (Å²) >= 11 is 0. The molecule has 0 heteroatoms. The average molecular weight is 258 g/mol. The Morgan fingerprint density at radius 2 is 1.40 bits per heavy atom. The number of aryl methyl sites for hydroxylation is 2. The lowest BCUT2D eigenvalue weighted by Gasteiger charge is -2.16. The van der Waals surface area contributed by atoms with Crippen LogP contribution in [0.25, 0.3) is 32.3 Å². The Hall–Kier alpha value is -2.08. The van der Waals surface area contributed by atoms with Gasteiger partial charge in [-0.1, -0.05) is 62.4 Å². The molecule has 0 bridgehead atoms. The monoisotopic (exact) mass is 258 g/mol. The quantitative estimate of drug-likeness (QED) is 0.404. The fraction of sp³-hybridized carbons (Fsp3) is 0.200. The summed E-state index contributed by atoms with van der Waals surface area (Å²) in [7, 11) is 0. The molecule has 0 unspecified atom stereocenters. The molecule has 0 N–H and O–H groups in total. The van der Waals surface area contributed by atoms with Gasteiger partial charge in [-0.3, -0.25) is 0 Å². The maximum absolute atomic E-state index is 2.40. The molecule has 20 heavy (non-hydrogen) atoms. The van der Waals surface area contributed by atoms with Gasteiger partial charge >= 0.3 is 0 Å². The first kappa shape index (κ1) is 11.7. The third kappa shape index (κ3) is 1.42. The minimum Gasteiger partial charge on any atom is -0.0613 e. The third-order valence-electron chi connectivity index (χ3n) is 4.59. The number of hydrogen-bond donors (Lipinski definition) is 0. The fourth-order valence-electron chi connectivity index (χ4n) is 3.66. The predicted octanol–water partition coefficient (Wildman–Crippen LogP) is 5.71. The van der Waals surface area contributed by atoms with Crippen molar-refractivity contribution in [3.63, 3.8) is 0 Å².